The third kappa shape index (κ3) is 5.34. The molecule has 142 valence electrons. The highest BCUT2D eigenvalue weighted by molar-refractivity contribution is 6.30. The fourth-order valence-corrected chi connectivity index (χ4v) is 2.62. The molecule has 0 spiro atoms. The standard InChI is InChI=1S/C22H19ClN2O3/c1-27-21-8-3-2-7-20(21)22(26)25-24-14-17-5-4-6-19(13-17)28-15-16-9-11-18(23)12-10-16/h2-14H,15H2,1H3,(H,25,26). The van der Waals surface area contributed by atoms with Gasteiger partial charge in [0.15, 0.2) is 0 Å². The summed E-state index contributed by atoms with van der Waals surface area (Å²) >= 11 is 5.88. The maximum atomic E-state index is 12.2. The van der Waals surface area contributed by atoms with Crippen LogP contribution in [-0.2, 0) is 6.61 Å². The van der Waals surface area contributed by atoms with Crippen molar-refractivity contribution in [3.05, 3.63) is 94.5 Å². The Labute approximate surface area is 168 Å². The van der Waals surface area contributed by atoms with Gasteiger partial charge in [-0.05, 0) is 47.5 Å². The zero-order valence-corrected chi connectivity index (χ0v) is 16.0. The Morgan fingerprint density at radius 1 is 1.07 bits per heavy atom. The molecule has 3 aromatic rings. The molecule has 6 heteroatoms. The van der Waals surface area contributed by atoms with Crippen molar-refractivity contribution in [3.63, 3.8) is 0 Å². The number of para-hydroxylation sites is 1. The second kappa shape index (κ2) is 9.58. The van der Waals surface area contributed by atoms with Crippen LogP contribution in [0.1, 0.15) is 21.5 Å². The van der Waals surface area contributed by atoms with Gasteiger partial charge in [-0.1, -0.05) is 48.0 Å². The maximum Gasteiger partial charge on any atom is 0.275 e. The molecule has 3 aromatic carbocycles. The molecule has 0 fully saturated rings. The summed E-state index contributed by atoms with van der Waals surface area (Å²) in [6, 6.07) is 21.9. The number of methoxy groups -OCH3 is 1. The first-order chi connectivity index (χ1) is 13.7. The molecule has 0 unspecified atom stereocenters. The van der Waals surface area contributed by atoms with Gasteiger partial charge < -0.3 is 9.47 Å². The number of hydrogen-bond acceptors (Lipinski definition) is 4. The van der Waals surface area contributed by atoms with Crippen LogP contribution in [0.25, 0.3) is 0 Å². The van der Waals surface area contributed by atoms with Crippen LogP contribution < -0.4 is 14.9 Å². The number of amides is 1. The zero-order chi connectivity index (χ0) is 19.8. The number of nitrogens with one attached hydrogen (secondary N) is 1. The molecular weight excluding hydrogens is 376 g/mol. The van der Waals surface area contributed by atoms with Crippen molar-refractivity contribution in [3.8, 4) is 11.5 Å². The normalized spacial score (nSPS) is 10.6. The highest BCUT2D eigenvalue weighted by Gasteiger charge is 2.09. The Bertz CT molecular complexity index is 972. The summed E-state index contributed by atoms with van der Waals surface area (Å²) < 4.78 is 11.0. The van der Waals surface area contributed by atoms with E-state index in [1.165, 1.54) is 7.11 Å². The van der Waals surface area contributed by atoms with Gasteiger partial charge in [-0.3, -0.25) is 4.79 Å². The first kappa shape index (κ1) is 19.5. The number of rotatable bonds is 7. The van der Waals surface area contributed by atoms with Crippen LogP contribution in [0.3, 0.4) is 0 Å². The summed E-state index contributed by atoms with van der Waals surface area (Å²) in [4.78, 5) is 12.2. The summed E-state index contributed by atoms with van der Waals surface area (Å²) in [5.41, 5.74) is 4.74. The summed E-state index contributed by atoms with van der Waals surface area (Å²) in [5, 5.41) is 4.70. The highest BCUT2D eigenvalue weighted by atomic mass is 35.5. The van der Waals surface area contributed by atoms with E-state index in [1.54, 1.807) is 30.5 Å². The van der Waals surface area contributed by atoms with E-state index in [1.807, 2.05) is 48.5 Å². The Morgan fingerprint density at radius 2 is 1.86 bits per heavy atom. The minimum absolute atomic E-state index is 0.344. The molecular formula is C22H19ClN2O3. The van der Waals surface area contributed by atoms with Crippen molar-refractivity contribution in [1.82, 2.24) is 5.43 Å². The fourth-order valence-electron chi connectivity index (χ4n) is 2.49. The number of carbonyl (C=O) groups is 1. The van der Waals surface area contributed by atoms with E-state index in [9.17, 15) is 4.79 Å². The molecule has 0 aromatic heterocycles. The number of hydrogen-bond donors (Lipinski definition) is 1. The van der Waals surface area contributed by atoms with E-state index in [-0.39, 0.29) is 5.91 Å². The Hall–Kier alpha value is -3.31. The molecule has 0 aliphatic heterocycles. The van der Waals surface area contributed by atoms with Gasteiger partial charge in [0.25, 0.3) is 5.91 Å². The Balaban J connectivity index is 1.59. The lowest BCUT2D eigenvalue weighted by Gasteiger charge is -2.07. The number of benzene rings is 3. The summed E-state index contributed by atoms with van der Waals surface area (Å²) in [6.07, 6.45) is 1.56. The molecule has 5 nitrogen and oxygen atoms in total. The van der Waals surface area contributed by atoms with Crippen LogP contribution in [0.15, 0.2) is 77.9 Å². The lowest BCUT2D eigenvalue weighted by Crippen LogP contribution is -2.18. The number of hydrazone groups is 1. The lowest BCUT2D eigenvalue weighted by molar-refractivity contribution is 0.0952. The van der Waals surface area contributed by atoms with Gasteiger partial charge in [0.2, 0.25) is 0 Å². The molecule has 0 saturated heterocycles. The lowest BCUT2D eigenvalue weighted by atomic mass is 10.2. The van der Waals surface area contributed by atoms with Crippen molar-refractivity contribution in [2.75, 3.05) is 7.11 Å². The first-order valence-corrected chi connectivity index (χ1v) is 8.97. The third-order valence-corrected chi connectivity index (χ3v) is 4.16. The predicted molar refractivity (Wildman–Crippen MR) is 110 cm³/mol. The smallest absolute Gasteiger partial charge is 0.275 e. The number of ether oxygens (including phenoxy) is 2. The molecule has 1 amide bonds. The van der Waals surface area contributed by atoms with E-state index >= 15 is 0 Å². The van der Waals surface area contributed by atoms with Gasteiger partial charge in [-0.2, -0.15) is 5.10 Å². The van der Waals surface area contributed by atoms with Crippen LogP contribution in [0, 0.1) is 0 Å². The van der Waals surface area contributed by atoms with Crippen LogP contribution in [-0.4, -0.2) is 19.2 Å². The van der Waals surface area contributed by atoms with Crippen molar-refractivity contribution >= 4 is 23.7 Å². The largest absolute Gasteiger partial charge is 0.496 e. The molecule has 3 rings (SSSR count). The second-order valence-corrected chi connectivity index (χ2v) is 6.32. The zero-order valence-electron chi connectivity index (χ0n) is 15.3. The van der Waals surface area contributed by atoms with Gasteiger partial charge in [0.05, 0.1) is 18.9 Å². The van der Waals surface area contributed by atoms with E-state index in [4.69, 9.17) is 21.1 Å². The van der Waals surface area contributed by atoms with Gasteiger partial charge in [-0.25, -0.2) is 5.43 Å². The first-order valence-electron chi connectivity index (χ1n) is 8.59. The van der Waals surface area contributed by atoms with Gasteiger partial charge in [0.1, 0.15) is 18.1 Å². The maximum absolute atomic E-state index is 12.2. The molecule has 0 saturated carbocycles. The number of nitrogens with zero attached hydrogens (tertiary/aromatic N) is 1. The average molecular weight is 395 g/mol. The molecule has 0 bridgehead atoms. The van der Waals surface area contributed by atoms with E-state index in [0.717, 1.165) is 11.1 Å². The van der Waals surface area contributed by atoms with Crippen LogP contribution in [0.5, 0.6) is 11.5 Å². The summed E-state index contributed by atoms with van der Waals surface area (Å²) in [5.74, 6) is 0.853. The molecule has 28 heavy (non-hydrogen) atoms. The molecule has 0 radical (unpaired) electrons. The molecule has 0 aliphatic rings. The van der Waals surface area contributed by atoms with Gasteiger partial charge >= 0.3 is 0 Å². The van der Waals surface area contributed by atoms with Crippen LogP contribution >= 0.6 is 11.6 Å². The van der Waals surface area contributed by atoms with Crippen molar-refractivity contribution in [2.24, 2.45) is 5.10 Å². The second-order valence-electron chi connectivity index (χ2n) is 5.89. The highest BCUT2D eigenvalue weighted by Crippen LogP contribution is 2.17. The Morgan fingerprint density at radius 3 is 2.64 bits per heavy atom. The monoisotopic (exact) mass is 394 g/mol. The van der Waals surface area contributed by atoms with Crippen molar-refractivity contribution < 1.29 is 14.3 Å². The topological polar surface area (TPSA) is 59.9 Å². The molecule has 0 heterocycles. The van der Waals surface area contributed by atoms with Gasteiger partial charge in [-0.15, -0.1) is 0 Å². The number of carbonyl (C=O) groups excluding carboxylic acids is 1. The molecule has 1 N–H and O–H groups in total. The SMILES string of the molecule is COc1ccccc1C(=O)NN=Cc1cccc(OCc2ccc(Cl)cc2)c1. The quantitative estimate of drug-likeness (QED) is 0.467. The van der Waals surface area contributed by atoms with Crippen LogP contribution in [0.4, 0.5) is 0 Å². The minimum atomic E-state index is -0.344. The van der Waals surface area contributed by atoms with Crippen molar-refractivity contribution in [1.29, 1.82) is 0 Å². The van der Waals surface area contributed by atoms with Crippen molar-refractivity contribution in [2.45, 2.75) is 6.61 Å². The van der Waals surface area contributed by atoms with Gasteiger partial charge in [0, 0.05) is 5.02 Å². The Kier molecular flexibility index (Phi) is 6.65. The fraction of sp³-hybridized carbons (Fsp3) is 0.0909. The van der Waals surface area contributed by atoms with E-state index in [0.29, 0.717) is 28.7 Å². The average Bonchev–Trinajstić information content (AvgIpc) is 2.73. The van der Waals surface area contributed by atoms with Crippen LogP contribution in [0.2, 0.25) is 5.02 Å². The molecule has 0 aliphatic carbocycles. The third-order valence-electron chi connectivity index (χ3n) is 3.91. The number of halogens is 1. The minimum Gasteiger partial charge on any atom is -0.496 e. The summed E-state index contributed by atoms with van der Waals surface area (Å²) in [7, 11) is 1.52. The predicted octanol–water partition coefficient (Wildman–Crippen LogP) is 4.69. The molecule has 0 atom stereocenters. The summed E-state index contributed by atoms with van der Waals surface area (Å²) in [6.45, 7) is 0.433. The van der Waals surface area contributed by atoms with E-state index in [2.05, 4.69) is 10.5 Å². The van der Waals surface area contributed by atoms with E-state index < -0.39 is 0 Å².